The second-order valence-electron chi connectivity index (χ2n) is 5.88. The van der Waals surface area contributed by atoms with Crippen molar-refractivity contribution in [2.45, 2.75) is 44.7 Å². The van der Waals surface area contributed by atoms with Crippen LogP contribution in [0.25, 0.3) is 0 Å². The van der Waals surface area contributed by atoms with Gasteiger partial charge in [-0.25, -0.2) is 0 Å². The molecule has 0 saturated heterocycles. The molecule has 3 heteroatoms. The van der Waals surface area contributed by atoms with E-state index >= 15 is 0 Å². The molecule has 1 fully saturated rings. The highest BCUT2D eigenvalue weighted by molar-refractivity contribution is 9.10. The molecule has 2 nitrogen and oxygen atoms in total. The van der Waals surface area contributed by atoms with Gasteiger partial charge in [0, 0.05) is 22.6 Å². The standard InChI is InChI=1S/C19H22BrNO/c20-16-12-11-15(14-21-17-7-3-1-4-8-17)19(13-16)22-18-9-5-2-6-10-18/h2,5-6,9-13,17,21H,1,3-4,7-8,14H2. The third kappa shape index (κ3) is 4.34. The third-order valence-electron chi connectivity index (χ3n) is 4.19. The summed E-state index contributed by atoms with van der Waals surface area (Å²) in [6.07, 6.45) is 6.69. The second-order valence-corrected chi connectivity index (χ2v) is 6.80. The summed E-state index contributed by atoms with van der Waals surface area (Å²) in [4.78, 5) is 0. The second kappa shape index (κ2) is 7.80. The van der Waals surface area contributed by atoms with Gasteiger partial charge in [-0.1, -0.05) is 59.5 Å². The van der Waals surface area contributed by atoms with Gasteiger partial charge in [-0.3, -0.25) is 0 Å². The maximum atomic E-state index is 6.06. The minimum atomic E-state index is 0.655. The van der Waals surface area contributed by atoms with Crippen LogP contribution >= 0.6 is 15.9 Å². The van der Waals surface area contributed by atoms with Crippen molar-refractivity contribution in [1.29, 1.82) is 0 Å². The molecule has 1 saturated carbocycles. The van der Waals surface area contributed by atoms with Crippen LogP contribution in [0.3, 0.4) is 0 Å². The molecule has 0 aliphatic heterocycles. The van der Waals surface area contributed by atoms with Gasteiger partial charge in [-0.05, 0) is 37.1 Å². The van der Waals surface area contributed by atoms with E-state index in [1.807, 2.05) is 36.4 Å². The fraction of sp³-hybridized carbons (Fsp3) is 0.368. The van der Waals surface area contributed by atoms with Crippen LogP contribution in [0.1, 0.15) is 37.7 Å². The van der Waals surface area contributed by atoms with E-state index < -0.39 is 0 Å². The number of benzene rings is 2. The first-order valence-electron chi connectivity index (χ1n) is 8.06. The molecule has 1 aliphatic rings. The van der Waals surface area contributed by atoms with Gasteiger partial charge in [-0.15, -0.1) is 0 Å². The fourth-order valence-electron chi connectivity index (χ4n) is 2.95. The summed E-state index contributed by atoms with van der Waals surface area (Å²) in [6.45, 7) is 0.861. The molecule has 0 aromatic heterocycles. The summed E-state index contributed by atoms with van der Waals surface area (Å²) in [6, 6.07) is 16.9. The Bertz CT molecular complexity index is 594. The van der Waals surface area contributed by atoms with Gasteiger partial charge in [0.2, 0.25) is 0 Å². The van der Waals surface area contributed by atoms with Crippen LogP contribution in [-0.4, -0.2) is 6.04 Å². The number of nitrogens with one attached hydrogen (secondary N) is 1. The summed E-state index contributed by atoms with van der Waals surface area (Å²) in [7, 11) is 0. The molecule has 3 rings (SSSR count). The minimum absolute atomic E-state index is 0.655. The topological polar surface area (TPSA) is 21.3 Å². The van der Waals surface area contributed by atoms with Crippen LogP contribution in [0.4, 0.5) is 0 Å². The van der Waals surface area contributed by atoms with Gasteiger partial charge in [0.15, 0.2) is 0 Å². The SMILES string of the molecule is Brc1ccc(CNC2CCCCC2)c(Oc2ccccc2)c1. The lowest BCUT2D eigenvalue weighted by molar-refractivity contribution is 0.369. The zero-order chi connectivity index (χ0) is 15.2. The third-order valence-corrected chi connectivity index (χ3v) is 4.68. The Morgan fingerprint density at radius 2 is 1.77 bits per heavy atom. The van der Waals surface area contributed by atoms with E-state index in [1.165, 1.54) is 37.7 Å². The molecule has 0 spiro atoms. The average Bonchev–Trinajstić information content (AvgIpc) is 2.56. The van der Waals surface area contributed by atoms with Gasteiger partial charge in [0.1, 0.15) is 11.5 Å². The number of halogens is 1. The van der Waals surface area contributed by atoms with Crippen molar-refractivity contribution in [2.24, 2.45) is 0 Å². The van der Waals surface area contributed by atoms with Crippen molar-refractivity contribution in [2.75, 3.05) is 0 Å². The maximum Gasteiger partial charge on any atom is 0.133 e. The number of rotatable bonds is 5. The van der Waals surface area contributed by atoms with E-state index in [2.05, 4.69) is 33.4 Å². The van der Waals surface area contributed by atoms with Crippen LogP contribution in [0.5, 0.6) is 11.5 Å². The molecular weight excluding hydrogens is 338 g/mol. The molecule has 0 amide bonds. The molecule has 116 valence electrons. The smallest absolute Gasteiger partial charge is 0.133 e. The van der Waals surface area contributed by atoms with Crippen molar-refractivity contribution < 1.29 is 4.74 Å². The first-order chi connectivity index (χ1) is 10.8. The summed E-state index contributed by atoms with van der Waals surface area (Å²) in [5, 5.41) is 3.69. The minimum Gasteiger partial charge on any atom is -0.457 e. The molecular formula is C19H22BrNO. The summed E-state index contributed by atoms with van der Waals surface area (Å²) in [5.41, 5.74) is 1.21. The molecule has 2 aromatic carbocycles. The van der Waals surface area contributed by atoms with Crippen LogP contribution in [0.2, 0.25) is 0 Å². The lowest BCUT2D eigenvalue weighted by Crippen LogP contribution is -2.30. The molecule has 2 aromatic rings. The quantitative estimate of drug-likeness (QED) is 0.742. The summed E-state index contributed by atoms with van der Waals surface area (Å²) >= 11 is 3.54. The van der Waals surface area contributed by atoms with Crippen molar-refractivity contribution in [1.82, 2.24) is 5.32 Å². The molecule has 0 radical (unpaired) electrons. The highest BCUT2D eigenvalue weighted by Crippen LogP contribution is 2.29. The summed E-state index contributed by atoms with van der Waals surface area (Å²) < 4.78 is 7.10. The van der Waals surface area contributed by atoms with Gasteiger partial charge in [-0.2, -0.15) is 0 Å². The van der Waals surface area contributed by atoms with Crippen molar-refractivity contribution in [3.8, 4) is 11.5 Å². The Labute approximate surface area is 141 Å². The fourth-order valence-corrected chi connectivity index (χ4v) is 3.29. The van der Waals surface area contributed by atoms with E-state index in [-0.39, 0.29) is 0 Å². The first-order valence-corrected chi connectivity index (χ1v) is 8.85. The van der Waals surface area contributed by atoms with Gasteiger partial charge < -0.3 is 10.1 Å². The predicted octanol–water partition coefficient (Wildman–Crippen LogP) is 5.66. The molecule has 0 heterocycles. The summed E-state index contributed by atoms with van der Waals surface area (Å²) in [5.74, 6) is 1.79. The number of hydrogen-bond donors (Lipinski definition) is 1. The highest BCUT2D eigenvalue weighted by Gasteiger charge is 2.14. The molecule has 1 N–H and O–H groups in total. The Morgan fingerprint density at radius 1 is 1.00 bits per heavy atom. The molecule has 1 aliphatic carbocycles. The van der Waals surface area contributed by atoms with E-state index in [1.54, 1.807) is 0 Å². The molecule has 0 bridgehead atoms. The van der Waals surface area contributed by atoms with Crippen LogP contribution < -0.4 is 10.1 Å². The number of ether oxygens (including phenoxy) is 1. The van der Waals surface area contributed by atoms with E-state index in [0.717, 1.165) is 22.5 Å². The normalized spacial score (nSPS) is 15.7. The zero-order valence-electron chi connectivity index (χ0n) is 12.7. The van der Waals surface area contributed by atoms with E-state index in [0.29, 0.717) is 6.04 Å². The van der Waals surface area contributed by atoms with E-state index in [4.69, 9.17) is 4.74 Å². The Kier molecular flexibility index (Phi) is 5.52. The van der Waals surface area contributed by atoms with Gasteiger partial charge in [0.05, 0.1) is 0 Å². The van der Waals surface area contributed by atoms with Crippen LogP contribution in [-0.2, 0) is 6.54 Å². The van der Waals surface area contributed by atoms with E-state index in [9.17, 15) is 0 Å². The van der Waals surface area contributed by atoms with Crippen LogP contribution in [0.15, 0.2) is 53.0 Å². The molecule has 0 unspecified atom stereocenters. The van der Waals surface area contributed by atoms with Gasteiger partial charge >= 0.3 is 0 Å². The zero-order valence-corrected chi connectivity index (χ0v) is 14.3. The Balaban J connectivity index is 1.70. The Hall–Kier alpha value is -1.32. The number of para-hydroxylation sites is 1. The number of hydrogen-bond acceptors (Lipinski definition) is 2. The maximum absolute atomic E-state index is 6.06. The molecule has 0 atom stereocenters. The van der Waals surface area contributed by atoms with Crippen molar-refractivity contribution in [3.05, 3.63) is 58.6 Å². The lowest BCUT2D eigenvalue weighted by atomic mass is 9.95. The lowest BCUT2D eigenvalue weighted by Gasteiger charge is -2.23. The first kappa shape index (κ1) is 15.6. The van der Waals surface area contributed by atoms with Crippen LogP contribution in [0, 0.1) is 0 Å². The largest absolute Gasteiger partial charge is 0.457 e. The Morgan fingerprint density at radius 3 is 2.55 bits per heavy atom. The van der Waals surface area contributed by atoms with Crippen molar-refractivity contribution in [3.63, 3.8) is 0 Å². The monoisotopic (exact) mass is 359 g/mol. The average molecular weight is 360 g/mol. The highest BCUT2D eigenvalue weighted by atomic mass is 79.9. The predicted molar refractivity (Wildman–Crippen MR) is 94.4 cm³/mol. The van der Waals surface area contributed by atoms with Gasteiger partial charge in [0.25, 0.3) is 0 Å². The van der Waals surface area contributed by atoms with Crippen molar-refractivity contribution >= 4 is 15.9 Å². The molecule has 22 heavy (non-hydrogen) atoms.